The zero-order valence-electron chi connectivity index (χ0n) is 17.5. The zero-order chi connectivity index (χ0) is 22.8. The van der Waals surface area contributed by atoms with E-state index >= 15 is 0 Å². The number of aryl methyl sites for hydroxylation is 2. The van der Waals surface area contributed by atoms with E-state index in [2.05, 4.69) is 10.6 Å². The number of nitrogens with zero attached hydrogens (tertiary/aromatic N) is 1. The molecule has 0 unspecified atom stereocenters. The molecule has 3 aromatic carbocycles. The Morgan fingerprint density at radius 2 is 1.56 bits per heavy atom. The lowest BCUT2D eigenvalue weighted by molar-refractivity contribution is -0.120. The van der Waals surface area contributed by atoms with E-state index in [1.54, 1.807) is 36.4 Å². The smallest absolute Gasteiger partial charge is 0.283 e. The van der Waals surface area contributed by atoms with Gasteiger partial charge in [-0.15, -0.1) is 0 Å². The van der Waals surface area contributed by atoms with Crippen LogP contribution in [0.2, 0.25) is 0 Å². The van der Waals surface area contributed by atoms with Crippen LogP contribution < -0.4 is 15.5 Å². The standard InChI is InChI=1S/C25H20ClN3O3/c1-15-6-5-8-19(14-15)28-23(30)17-10-12-18(13-11-17)27-22-21(26)24(31)29(25(22)32)20-9-4-3-7-16(20)2/h3-14,27H,1-2H3,(H,28,30). The van der Waals surface area contributed by atoms with Crippen molar-refractivity contribution in [2.75, 3.05) is 15.5 Å². The summed E-state index contributed by atoms with van der Waals surface area (Å²) in [4.78, 5) is 39.1. The Labute approximate surface area is 190 Å². The summed E-state index contributed by atoms with van der Waals surface area (Å²) in [6, 6.07) is 21.2. The molecule has 0 aliphatic carbocycles. The zero-order valence-corrected chi connectivity index (χ0v) is 18.2. The number of rotatable bonds is 5. The van der Waals surface area contributed by atoms with Crippen molar-refractivity contribution < 1.29 is 14.4 Å². The molecule has 7 heteroatoms. The average Bonchev–Trinajstić information content (AvgIpc) is 2.98. The Hall–Kier alpha value is -3.90. The first-order valence-electron chi connectivity index (χ1n) is 9.94. The number of halogens is 1. The van der Waals surface area contributed by atoms with E-state index in [1.807, 2.05) is 50.2 Å². The maximum atomic E-state index is 12.9. The Kier molecular flexibility index (Phi) is 5.79. The quantitative estimate of drug-likeness (QED) is 0.542. The number of nitrogens with one attached hydrogen (secondary N) is 2. The summed E-state index contributed by atoms with van der Waals surface area (Å²) in [7, 11) is 0. The van der Waals surface area contributed by atoms with Gasteiger partial charge in [0.2, 0.25) is 0 Å². The number of para-hydroxylation sites is 1. The van der Waals surface area contributed by atoms with Gasteiger partial charge in [0.15, 0.2) is 0 Å². The van der Waals surface area contributed by atoms with Gasteiger partial charge in [0.1, 0.15) is 10.7 Å². The number of benzene rings is 3. The van der Waals surface area contributed by atoms with E-state index < -0.39 is 11.8 Å². The number of imide groups is 1. The van der Waals surface area contributed by atoms with Gasteiger partial charge in [0.05, 0.1) is 5.69 Å². The Bertz CT molecular complexity index is 1270. The molecule has 0 fully saturated rings. The van der Waals surface area contributed by atoms with Crippen LogP contribution in [0.4, 0.5) is 17.1 Å². The van der Waals surface area contributed by atoms with Crippen molar-refractivity contribution in [2.24, 2.45) is 0 Å². The molecular weight excluding hydrogens is 426 g/mol. The average molecular weight is 446 g/mol. The molecular formula is C25H20ClN3O3. The van der Waals surface area contributed by atoms with Crippen LogP contribution >= 0.6 is 11.6 Å². The third kappa shape index (κ3) is 4.13. The number of hydrogen-bond acceptors (Lipinski definition) is 4. The lowest BCUT2D eigenvalue weighted by Gasteiger charge is -2.17. The predicted octanol–water partition coefficient (Wildman–Crippen LogP) is 4.99. The van der Waals surface area contributed by atoms with Crippen LogP contribution in [0, 0.1) is 13.8 Å². The maximum absolute atomic E-state index is 12.9. The van der Waals surface area contributed by atoms with Crippen LogP contribution in [0.3, 0.4) is 0 Å². The number of anilines is 3. The molecule has 3 amide bonds. The highest BCUT2D eigenvalue weighted by Gasteiger charge is 2.39. The molecule has 1 aliphatic rings. The number of hydrogen-bond donors (Lipinski definition) is 2. The van der Waals surface area contributed by atoms with Crippen LogP contribution in [-0.2, 0) is 9.59 Å². The summed E-state index contributed by atoms with van der Waals surface area (Å²) in [6.07, 6.45) is 0. The van der Waals surface area contributed by atoms with Gasteiger partial charge in [-0.1, -0.05) is 41.9 Å². The van der Waals surface area contributed by atoms with Crippen LogP contribution in [0.15, 0.2) is 83.5 Å². The monoisotopic (exact) mass is 445 g/mol. The van der Waals surface area contributed by atoms with Crippen LogP contribution in [0.25, 0.3) is 0 Å². The van der Waals surface area contributed by atoms with Crippen molar-refractivity contribution in [1.29, 1.82) is 0 Å². The first-order chi connectivity index (χ1) is 15.3. The molecule has 32 heavy (non-hydrogen) atoms. The molecule has 2 N–H and O–H groups in total. The largest absolute Gasteiger partial charge is 0.350 e. The number of carbonyl (C=O) groups excluding carboxylic acids is 3. The van der Waals surface area contributed by atoms with Crippen LogP contribution in [0.5, 0.6) is 0 Å². The molecule has 0 aromatic heterocycles. The van der Waals surface area contributed by atoms with E-state index in [0.717, 1.165) is 16.0 Å². The second-order valence-corrected chi connectivity index (χ2v) is 7.83. The topological polar surface area (TPSA) is 78.5 Å². The molecule has 0 saturated heterocycles. The first kappa shape index (κ1) is 21.3. The molecule has 0 saturated carbocycles. The van der Waals surface area contributed by atoms with Gasteiger partial charge in [0, 0.05) is 16.9 Å². The second kappa shape index (κ2) is 8.69. The van der Waals surface area contributed by atoms with Crippen molar-refractivity contribution in [2.45, 2.75) is 13.8 Å². The molecule has 0 radical (unpaired) electrons. The molecule has 0 atom stereocenters. The lowest BCUT2D eigenvalue weighted by atomic mass is 10.1. The fraction of sp³-hybridized carbons (Fsp3) is 0.0800. The molecule has 0 bridgehead atoms. The normalized spacial score (nSPS) is 13.5. The highest BCUT2D eigenvalue weighted by atomic mass is 35.5. The van der Waals surface area contributed by atoms with Crippen molar-refractivity contribution in [3.05, 3.63) is 100 Å². The Balaban J connectivity index is 1.49. The minimum atomic E-state index is -0.581. The fourth-order valence-corrected chi connectivity index (χ4v) is 3.63. The van der Waals surface area contributed by atoms with Gasteiger partial charge in [-0.3, -0.25) is 14.4 Å². The van der Waals surface area contributed by atoms with Crippen LogP contribution in [0.1, 0.15) is 21.5 Å². The molecule has 3 aromatic rings. The van der Waals surface area contributed by atoms with Gasteiger partial charge in [0.25, 0.3) is 17.7 Å². The molecule has 4 rings (SSSR count). The van der Waals surface area contributed by atoms with E-state index in [1.165, 1.54) is 0 Å². The van der Waals surface area contributed by atoms with Crippen molar-refractivity contribution in [3.8, 4) is 0 Å². The molecule has 6 nitrogen and oxygen atoms in total. The summed E-state index contributed by atoms with van der Waals surface area (Å²) < 4.78 is 0. The number of carbonyl (C=O) groups is 3. The van der Waals surface area contributed by atoms with Crippen LogP contribution in [-0.4, -0.2) is 17.7 Å². The lowest BCUT2D eigenvalue weighted by Crippen LogP contribution is -2.32. The maximum Gasteiger partial charge on any atom is 0.283 e. The third-order valence-corrected chi connectivity index (χ3v) is 5.43. The van der Waals surface area contributed by atoms with Crippen molar-refractivity contribution in [3.63, 3.8) is 0 Å². The molecule has 1 aliphatic heterocycles. The van der Waals surface area contributed by atoms with Gasteiger partial charge >= 0.3 is 0 Å². The summed E-state index contributed by atoms with van der Waals surface area (Å²) in [5.41, 5.74) is 4.00. The summed E-state index contributed by atoms with van der Waals surface area (Å²) in [5.74, 6) is -1.37. The first-order valence-corrected chi connectivity index (χ1v) is 10.3. The van der Waals surface area contributed by atoms with E-state index in [-0.39, 0.29) is 16.6 Å². The molecule has 160 valence electrons. The Morgan fingerprint density at radius 1 is 0.844 bits per heavy atom. The van der Waals surface area contributed by atoms with Gasteiger partial charge < -0.3 is 10.6 Å². The fourth-order valence-electron chi connectivity index (χ4n) is 3.42. The summed E-state index contributed by atoms with van der Waals surface area (Å²) >= 11 is 6.20. The van der Waals surface area contributed by atoms with E-state index in [0.29, 0.717) is 22.6 Å². The highest BCUT2D eigenvalue weighted by molar-refractivity contribution is 6.53. The minimum Gasteiger partial charge on any atom is -0.350 e. The third-order valence-electron chi connectivity index (χ3n) is 5.08. The summed E-state index contributed by atoms with van der Waals surface area (Å²) in [6.45, 7) is 3.76. The molecule has 0 spiro atoms. The summed E-state index contributed by atoms with van der Waals surface area (Å²) in [5, 5.41) is 5.58. The van der Waals surface area contributed by atoms with Crippen molar-refractivity contribution in [1.82, 2.24) is 0 Å². The van der Waals surface area contributed by atoms with E-state index in [9.17, 15) is 14.4 Å². The highest BCUT2D eigenvalue weighted by Crippen LogP contribution is 2.31. The SMILES string of the molecule is Cc1cccc(NC(=O)c2ccc(NC3=C(Cl)C(=O)N(c4ccccc4C)C3=O)cc2)c1. The van der Waals surface area contributed by atoms with Gasteiger partial charge in [-0.25, -0.2) is 4.90 Å². The van der Waals surface area contributed by atoms with Gasteiger partial charge in [-0.05, 0) is 67.4 Å². The Morgan fingerprint density at radius 3 is 2.25 bits per heavy atom. The second-order valence-electron chi connectivity index (χ2n) is 7.45. The number of amides is 3. The molecule has 1 heterocycles. The predicted molar refractivity (Wildman–Crippen MR) is 126 cm³/mol. The van der Waals surface area contributed by atoms with E-state index in [4.69, 9.17) is 11.6 Å². The minimum absolute atomic E-state index is 0.00289. The van der Waals surface area contributed by atoms with Crippen molar-refractivity contribution >= 4 is 46.4 Å². The van der Waals surface area contributed by atoms with Gasteiger partial charge in [-0.2, -0.15) is 0 Å².